The number of carbonyl (C=O) groups is 1. The molecule has 0 fully saturated rings. The number of hydrogen-bond donors (Lipinski definition) is 3. The predicted molar refractivity (Wildman–Crippen MR) is 119 cm³/mol. The van der Waals surface area contributed by atoms with Crippen molar-refractivity contribution in [3.63, 3.8) is 0 Å². The fraction of sp³-hybridized carbons (Fsp3) is 0.130. The van der Waals surface area contributed by atoms with Crippen LogP contribution in [0.4, 0.5) is 0 Å². The van der Waals surface area contributed by atoms with Gasteiger partial charge in [-0.3, -0.25) is 9.59 Å². The number of aliphatic hydroxyl groups is 1. The molecule has 0 spiro atoms. The van der Waals surface area contributed by atoms with Gasteiger partial charge in [-0.05, 0) is 46.8 Å². The lowest BCUT2D eigenvalue weighted by molar-refractivity contribution is 0.0767. The van der Waals surface area contributed by atoms with Gasteiger partial charge in [0.05, 0.1) is 17.7 Å². The molecule has 2 heterocycles. The van der Waals surface area contributed by atoms with Crippen molar-refractivity contribution >= 4 is 28.1 Å². The first-order valence-electron chi connectivity index (χ1n) is 9.39. The molecular formula is C23H20N2O4S. The molecule has 30 heavy (non-hydrogen) atoms. The van der Waals surface area contributed by atoms with E-state index in [2.05, 4.69) is 4.98 Å². The summed E-state index contributed by atoms with van der Waals surface area (Å²) < 4.78 is 0. The Morgan fingerprint density at radius 3 is 2.63 bits per heavy atom. The van der Waals surface area contributed by atoms with Crippen LogP contribution in [-0.2, 0) is 0 Å². The molecule has 0 bridgehead atoms. The zero-order valence-electron chi connectivity index (χ0n) is 16.3. The Kier molecular flexibility index (Phi) is 5.39. The lowest BCUT2D eigenvalue weighted by Crippen LogP contribution is -2.29. The Balaban J connectivity index is 1.80. The smallest absolute Gasteiger partial charge is 0.260 e. The summed E-state index contributed by atoms with van der Waals surface area (Å²) in [7, 11) is 1.64. The summed E-state index contributed by atoms with van der Waals surface area (Å²) >= 11 is 1.39. The minimum atomic E-state index is -0.338. The highest BCUT2D eigenvalue weighted by Crippen LogP contribution is 2.36. The molecule has 152 valence electrons. The van der Waals surface area contributed by atoms with Crippen LogP contribution in [0.15, 0.2) is 64.8 Å². The number of thiophene rings is 1. The van der Waals surface area contributed by atoms with Crippen LogP contribution >= 0.6 is 11.3 Å². The van der Waals surface area contributed by atoms with Gasteiger partial charge >= 0.3 is 0 Å². The van der Waals surface area contributed by atoms with Gasteiger partial charge in [-0.2, -0.15) is 0 Å². The molecule has 7 heteroatoms. The van der Waals surface area contributed by atoms with Gasteiger partial charge in [0.25, 0.3) is 11.5 Å². The SMILES string of the molecule is CN(CCO)C(=O)c1cccc(-c2ccc3[nH]c(=O)c(-c4cccs4)c(O)c3c2)c1. The van der Waals surface area contributed by atoms with Crippen molar-refractivity contribution in [3.05, 3.63) is 75.9 Å². The molecule has 0 saturated heterocycles. The van der Waals surface area contributed by atoms with Crippen molar-refractivity contribution in [1.29, 1.82) is 0 Å². The lowest BCUT2D eigenvalue weighted by atomic mass is 9.99. The molecule has 0 aliphatic carbocycles. The van der Waals surface area contributed by atoms with Crippen molar-refractivity contribution in [2.45, 2.75) is 0 Å². The Hall–Kier alpha value is -3.42. The number of hydrogen-bond acceptors (Lipinski definition) is 5. The molecule has 6 nitrogen and oxygen atoms in total. The first kappa shape index (κ1) is 19.9. The van der Waals surface area contributed by atoms with Gasteiger partial charge < -0.3 is 20.1 Å². The summed E-state index contributed by atoms with van der Waals surface area (Å²) in [6.07, 6.45) is 0. The van der Waals surface area contributed by atoms with Gasteiger partial charge in [-0.1, -0.05) is 24.3 Å². The zero-order chi connectivity index (χ0) is 21.3. The fourth-order valence-corrected chi connectivity index (χ4v) is 4.18. The molecule has 2 aromatic heterocycles. The zero-order valence-corrected chi connectivity index (χ0v) is 17.1. The predicted octanol–water partition coefficient (Wildman–Crippen LogP) is 3.69. The van der Waals surface area contributed by atoms with E-state index in [9.17, 15) is 14.7 Å². The monoisotopic (exact) mass is 420 g/mol. The van der Waals surface area contributed by atoms with E-state index < -0.39 is 0 Å². The van der Waals surface area contributed by atoms with Crippen LogP contribution in [0.2, 0.25) is 0 Å². The number of aromatic nitrogens is 1. The van der Waals surface area contributed by atoms with Crippen molar-refractivity contribution in [2.24, 2.45) is 0 Å². The molecule has 4 aromatic rings. The van der Waals surface area contributed by atoms with E-state index in [4.69, 9.17) is 5.11 Å². The maximum absolute atomic E-state index is 12.5. The summed E-state index contributed by atoms with van der Waals surface area (Å²) in [5, 5.41) is 22.3. The number of rotatable bonds is 5. The summed E-state index contributed by atoms with van der Waals surface area (Å²) in [5.74, 6) is -0.244. The highest BCUT2D eigenvalue weighted by Gasteiger charge is 2.16. The van der Waals surface area contributed by atoms with Gasteiger partial charge in [0, 0.05) is 29.4 Å². The average Bonchev–Trinajstić information content (AvgIpc) is 3.27. The fourth-order valence-electron chi connectivity index (χ4n) is 3.41. The van der Waals surface area contributed by atoms with Gasteiger partial charge in [-0.25, -0.2) is 0 Å². The van der Waals surface area contributed by atoms with Crippen molar-refractivity contribution in [3.8, 4) is 27.3 Å². The van der Waals surface area contributed by atoms with Crippen molar-refractivity contribution in [1.82, 2.24) is 9.88 Å². The average molecular weight is 420 g/mol. The molecule has 3 N–H and O–H groups in total. The lowest BCUT2D eigenvalue weighted by Gasteiger charge is -2.16. The molecule has 1 amide bonds. The molecule has 0 saturated carbocycles. The van der Waals surface area contributed by atoms with Crippen LogP contribution in [0, 0.1) is 0 Å². The third-order valence-corrected chi connectivity index (χ3v) is 5.87. The molecule has 4 rings (SSSR count). The Labute approximate surface area is 176 Å². The number of aromatic hydroxyl groups is 1. The number of nitrogens with zero attached hydrogens (tertiary/aromatic N) is 1. The molecule has 0 unspecified atom stereocenters. The van der Waals surface area contributed by atoms with Crippen LogP contribution < -0.4 is 5.56 Å². The van der Waals surface area contributed by atoms with E-state index in [1.54, 1.807) is 43.4 Å². The Morgan fingerprint density at radius 1 is 1.10 bits per heavy atom. The quantitative estimate of drug-likeness (QED) is 0.459. The highest BCUT2D eigenvalue weighted by atomic mass is 32.1. The maximum Gasteiger partial charge on any atom is 0.260 e. The number of H-pyrrole nitrogens is 1. The summed E-state index contributed by atoms with van der Waals surface area (Å²) in [6, 6.07) is 16.2. The van der Waals surface area contributed by atoms with E-state index >= 15 is 0 Å². The maximum atomic E-state index is 12.5. The van der Waals surface area contributed by atoms with Crippen LogP contribution in [0.1, 0.15) is 10.4 Å². The summed E-state index contributed by atoms with van der Waals surface area (Å²) in [5.41, 5.74) is 2.58. The van der Waals surface area contributed by atoms with Gasteiger partial charge in [0.1, 0.15) is 5.75 Å². The van der Waals surface area contributed by atoms with Crippen LogP contribution in [0.5, 0.6) is 5.75 Å². The molecule has 2 aromatic carbocycles. The number of likely N-dealkylation sites (N-methyl/N-ethyl adjacent to an activating group) is 1. The number of amides is 1. The largest absolute Gasteiger partial charge is 0.506 e. The minimum Gasteiger partial charge on any atom is -0.506 e. The number of nitrogens with one attached hydrogen (secondary N) is 1. The topological polar surface area (TPSA) is 93.6 Å². The summed E-state index contributed by atoms with van der Waals surface area (Å²) in [4.78, 5) is 30.0. The van der Waals surface area contributed by atoms with Gasteiger partial charge in [0.2, 0.25) is 0 Å². The normalized spacial score (nSPS) is 11.0. The third kappa shape index (κ3) is 3.60. The van der Waals surface area contributed by atoms with E-state index in [-0.39, 0.29) is 35.9 Å². The number of aromatic amines is 1. The van der Waals surface area contributed by atoms with E-state index in [0.29, 0.717) is 21.3 Å². The van der Waals surface area contributed by atoms with E-state index in [1.807, 2.05) is 23.6 Å². The van der Waals surface area contributed by atoms with Crippen molar-refractivity contribution < 1.29 is 15.0 Å². The Bertz CT molecular complexity index is 1280. The molecule has 0 aliphatic heterocycles. The number of benzene rings is 2. The summed E-state index contributed by atoms with van der Waals surface area (Å²) in [6.45, 7) is 0.155. The number of pyridine rings is 1. The standard InChI is InChI=1S/C23H20N2O4S/c1-25(9-10-26)23(29)16-5-2-4-14(12-16)15-7-8-18-17(13-15)21(27)20(22(28)24-18)19-6-3-11-30-19/h2-8,11-13,26H,9-10H2,1H3,(H2,24,27,28). The van der Waals surface area contributed by atoms with Crippen LogP contribution in [0.3, 0.4) is 0 Å². The Morgan fingerprint density at radius 2 is 1.90 bits per heavy atom. The van der Waals surface area contributed by atoms with Gasteiger partial charge in [-0.15, -0.1) is 11.3 Å². The minimum absolute atomic E-state index is 0.0621. The molecule has 0 atom stereocenters. The van der Waals surface area contributed by atoms with E-state index in [0.717, 1.165) is 11.1 Å². The second-order valence-corrected chi connectivity index (χ2v) is 7.89. The second-order valence-electron chi connectivity index (χ2n) is 6.95. The number of fused-ring (bicyclic) bond motifs is 1. The molecular weight excluding hydrogens is 400 g/mol. The number of carbonyl (C=O) groups excluding carboxylic acids is 1. The second kappa shape index (κ2) is 8.14. The molecule has 0 radical (unpaired) electrons. The van der Waals surface area contributed by atoms with Gasteiger partial charge in [0.15, 0.2) is 0 Å². The first-order valence-corrected chi connectivity index (χ1v) is 10.3. The van der Waals surface area contributed by atoms with Crippen LogP contribution in [0.25, 0.3) is 32.5 Å². The van der Waals surface area contributed by atoms with E-state index in [1.165, 1.54) is 16.2 Å². The number of aliphatic hydroxyl groups excluding tert-OH is 1. The third-order valence-electron chi connectivity index (χ3n) is 4.98. The van der Waals surface area contributed by atoms with Crippen LogP contribution in [-0.4, -0.2) is 46.2 Å². The highest BCUT2D eigenvalue weighted by molar-refractivity contribution is 7.13. The molecule has 0 aliphatic rings. The van der Waals surface area contributed by atoms with Crippen molar-refractivity contribution in [2.75, 3.05) is 20.2 Å². The first-order chi connectivity index (χ1) is 14.5.